The monoisotopic (exact) mass is 628 g/mol. The summed E-state index contributed by atoms with van der Waals surface area (Å²) < 4.78 is 21.1. The number of carbonyl (C=O) groups excluding carboxylic acids is 1. The number of urea groups is 1. The second kappa shape index (κ2) is 13.0. The van der Waals surface area contributed by atoms with Crippen molar-refractivity contribution in [3.05, 3.63) is 77.9 Å². The molecule has 2 saturated heterocycles. The van der Waals surface area contributed by atoms with E-state index in [1.54, 1.807) is 6.33 Å². The number of aromatic nitrogens is 4. The van der Waals surface area contributed by atoms with E-state index in [2.05, 4.69) is 88.1 Å². The zero-order chi connectivity index (χ0) is 32.5. The zero-order valence-corrected chi connectivity index (χ0v) is 27.1. The molecule has 6 rings (SSSR count). The van der Waals surface area contributed by atoms with Crippen molar-refractivity contribution in [3.63, 3.8) is 0 Å². The maximum absolute atomic E-state index is 12.3. The number of nitrogens with two attached hydrogens (primary N) is 1. The Labute approximate surface area is 269 Å². The molecular formula is C34H44N8O4. The van der Waals surface area contributed by atoms with Crippen LogP contribution in [-0.2, 0) is 32.6 Å². The van der Waals surface area contributed by atoms with Gasteiger partial charge in [-0.2, -0.15) is 0 Å². The summed E-state index contributed by atoms with van der Waals surface area (Å²) in [6.07, 6.45) is 3.28. The molecule has 12 nitrogen and oxygen atoms in total. The molecule has 2 aliphatic rings. The molecule has 0 aliphatic carbocycles. The Morgan fingerprint density at radius 1 is 1.00 bits per heavy atom. The Balaban J connectivity index is 0.984. The van der Waals surface area contributed by atoms with E-state index in [-0.39, 0.29) is 29.8 Å². The minimum absolute atomic E-state index is 0.0773. The average Bonchev–Trinajstić information content (AvgIpc) is 3.67. The third-order valence-corrected chi connectivity index (χ3v) is 8.37. The molecule has 12 heteroatoms. The first-order valence-electron chi connectivity index (χ1n) is 15.8. The van der Waals surface area contributed by atoms with Gasteiger partial charge in [0.25, 0.3) is 0 Å². The molecular weight excluding hydrogens is 584 g/mol. The van der Waals surface area contributed by atoms with E-state index in [4.69, 9.17) is 19.9 Å². The summed E-state index contributed by atoms with van der Waals surface area (Å²) in [5.74, 6) is -0.414. The molecule has 0 saturated carbocycles. The lowest BCUT2D eigenvalue weighted by Gasteiger charge is -2.25. The van der Waals surface area contributed by atoms with Crippen molar-refractivity contribution in [3.8, 4) is 0 Å². The second-order valence-corrected chi connectivity index (χ2v) is 13.5. The summed E-state index contributed by atoms with van der Waals surface area (Å²) in [7, 11) is 0. The maximum atomic E-state index is 12.3. The van der Waals surface area contributed by atoms with Crippen LogP contribution in [-0.4, -0.2) is 62.7 Å². The van der Waals surface area contributed by atoms with Gasteiger partial charge in [-0.05, 0) is 61.1 Å². The number of hydrogen-bond donors (Lipinski definition) is 4. The van der Waals surface area contributed by atoms with Crippen LogP contribution in [0.25, 0.3) is 11.2 Å². The van der Waals surface area contributed by atoms with E-state index in [1.807, 2.05) is 30.5 Å². The third-order valence-electron chi connectivity index (χ3n) is 8.37. The zero-order valence-electron chi connectivity index (χ0n) is 27.1. The number of rotatable bonds is 10. The number of carbonyl (C=O) groups is 1. The number of imidazole rings is 1. The van der Waals surface area contributed by atoms with E-state index in [0.29, 0.717) is 29.9 Å². The van der Waals surface area contributed by atoms with Crippen LogP contribution < -0.4 is 21.7 Å². The fraction of sp³-hybridized carbons (Fsp3) is 0.471. The maximum Gasteiger partial charge on any atom is 0.319 e. The van der Waals surface area contributed by atoms with E-state index in [9.17, 15) is 4.79 Å². The van der Waals surface area contributed by atoms with Crippen molar-refractivity contribution in [2.75, 3.05) is 24.1 Å². The molecule has 4 atom stereocenters. The number of nitrogens with zero attached hydrogens (tertiary/aromatic N) is 4. The number of nitrogen functional groups attached to an aromatic ring is 1. The van der Waals surface area contributed by atoms with Crippen molar-refractivity contribution in [2.24, 2.45) is 0 Å². The molecule has 4 heterocycles. The number of ether oxygens (including phenoxy) is 3. The molecule has 5 N–H and O–H groups in total. The van der Waals surface area contributed by atoms with Gasteiger partial charge in [0.1, 0.15) is 24.1 Å². The summed E-state index contributed by atoms with van der Waals surface area (Å²) in [6.45, 7) is 12.4. The highest BCUT2D eigenvalue weighted by Gasteiger charge is 2.56. The summed E-state index contributed by atoms with van der Waals surface area (Å²) in [5.41, 5.74) is 11.6. The first-order chi connectivity index (χ1) is 22.0. The number of fused-ring (bicyclic) bond motifs is 2. The Kier molecular flexibility index (Phi) is 8.97. The van der Waals surface area contributed by atoms with Crippen LogP contribution in [0.15, 0.2) is 61.2 Å². The topological polar surface area (TPSA) is 150 Å². The van der Waals surface area contributed by atoms with Crippen LogP contribution in [0.1, 0.15) is 64.0 Å². The highest BCUT2D eigenvalue weighted by Crippen LogP contribution is 2.44. The van der Waals surface area contributed by atoms with Crippen LogP contribution in [0.5, 0.6) is 0 Å². The van der Waals surface area contributed by atoms with Gasteiger partial charge in [0.2, 0.25) is 0 Å². The number of hydrogen-bond acceptors (Lipinski definition) is 9. The first kappa shape index (κ1) is 31.9. The number of benzene rings is 2. The average molecular weight is 629 g/mol. The second-order valence-electron chi connectivity index (χ2n) is 13.5. The predicted octanol–water partition coefficient (Wildman–Crippen LogP) is 4.67. The SMILES string of the molecule is CC1(C)O[C@@H]2[C@H](O1)[C@@H](Cc1cccc(CNCCCNC(=O)Nc3ccc(C(C)(C)C)cc3)c1)O[C@H]2n1cnc2c(N)ncnc21. The van der Waals surface area contributed by atoms with Crippen LogP contribution in [0, 0.1) is 0 Å². The summed E-state index contributed by atoms with van der Waals surface area (Å²) in [6, 6.07) is 16.2. The molecule has 46 heavy (non-hydrogen) atoms. The Hall–Kier alpha value is -4.10. The molecule has 2 amide bonds. The molecule has 0 unspecified atom stereocenters. The largest absolute Gasteiger partial charge is 0.382 e. The van der Waals surface area contributed by atoms with E-state index >= 15 is 0 Å². The van der Waals surface area contributed by atoms with Crippen molar-refractivity contribution in [1.82, 2.24) is 30.2 Å². The van der Waals surface area contributed by atoms with Gasteiger partial charge in [-0.15, -0.1) is 0 Å². The van der Waals surface area contributed by atoms with Gasteiger partial charge >= 0.3 is 6.03 Å². The molecule has 2 aliphatic heterocycles. The molecule has 0 bridgehead atoms. The molecule has 4 aromatic rings. The van der Waals surface area contributed by atoms with Crippen molar-refractivity contribution >= 4 is 28.7 Å². The summed E-state index contributed by atoms with van der Waals surface area (Å²) in [5, 5.41) is 9.31. The minimum Gasteiger partial charge on any atom is -0.382 e. The third kappa shape index (κ3) is 7.15. The number of nitrogens with one attached hydrogen (secondary N) is 3. The van der Waals surface area contributed by atoms with Gasteiger partial charge in [-0.25, -0.2) is 19.7 Å². The fourth-order valence-corrected chi connectivity index (χ4v) is 6.08. The minimum atomic E-state index is -0.737. The van der Waals surface area contributed by atoms with Crippen molar-refractivity contribution in [2.45, 2.75) is 89.7 Å². The molecule has 2 aromatic heterocycles. The standard InChI is InChI=1S/C34H44N8O4/c1-33(2,3)23-10-12-24(13-11-23)41-32(43)37-15-7-14-36-18-22-9-6-8-21(16-22)17-25-27-28(46-34(4,5)45-27)31(44-25)42-20-40-26-29(35)38-19-39-30(26)42/h6,8-13,16,19-20,25,27-28,31,36H,7,14-15,17-18H2,1-5H3,(H2,35,38,39)(H2,37,41,43)/t25-,27-,28-,31-/m1/s1. The number of anilines is 2. The highest BCUT2D eigenvalue weighted by molar-refractivity contribution is 5.89. The van der Waals surface area contributed by atoms with Crippen LogP contribution in [0.3, 0.4) is 0 Å². The fourth-order valence-electron chi connectivity index (χ4n) is 6.08. The van der Waals surface area contributed by atoms with Gasteiger partial charge in [0.05, 0.1) is 12.4 Å². The summed E-state index contributed by atoms with van der Waals surface area (Å²) >= 11 is 0. The van der Waals surface area contributed by atoms with E-state index in [1.165, 1.54) is 17.5 Å². The molecule has 0 spiro atoms. The lowest BCUT2D eigenvalue weighted by molar-refractivity contribution is -0.196. The van der Waals surface area contributed by atoms with Gasteiger partial charge in [-0.3, -0.25) is 4.57 Å². The highest BCUT2D eigenvalue weighted by atomic mass is 16.8. The van der Waals surface area contributed by atoms with Crippen LogP contribution in [0.4, 0.5) is 16.3 Å². The van der Waals surface area contributed by atoms with E-state index in [0.717, 1.165) is 30.8 Å². The smallest absolute Gasteiger partial charge is 0.319 e. The van der Waals surface area contributed by atoms with Crippen LogP contribution in [0.2, 0.25) is 0 Å². The summed E-state index contributed by atoms with van der Waals surface area (Å²) in [4.78, 5) is 25.2. The quantitative estimate of drug-likeness (QED) is 0.184. The Bertz CT molecular complexity index is 1670. The molecule has 2 aromatic carbocycles. The normalized spacial score (nSPS) is 22.2. The van der Waals surface area contributed by atoms with Crippen LogP contribution >= 0.6 is 0 Å². The Morgan fingerprint density at radius 2 is 1.76 bits per heavy atom. The number of amides is 2. The van der Waals surface area contributed by atoms with Gasteiger partial charge in [-0.1, -0.05) is 57.2 Å². The van der Waals surface area contributed by atoms with Crippen molar-refractivity contribution in [1.29, 1.82) is 0 Å². The molecule has 0 radical (unpaired) electrons. The van der Waals surface area contributed by atoms with E-state index < -0.39 is 12.0 Å². The van der Waals surface area contributed by atoms with Gasteiger partial charge < -0.3 is 35.9 Å². The predicted molar refractivity (Wildman–Crippen MR) is 176 cm³/mol. The molecule has 2 fully saturated rings. The lowest BCUT2D eigenvalue weighted by atomic mass is 9.87. The van der Waals surface area contributed by atoms with Gasteiger partial charge in [0.15, 0.2) is 23.5 Å². The lowest BCUT2D eigenvalue weighted by Crippen LogP contribution is -2.31. The van der Waals surface area contributed by atoms with Crippen molar-refractivity contribution < 1.29 is 19.0 Å². The Morgan fingerprint density at radius 3 is 2.54 bits per heavy atom. The first-order valence-corrected chi connectivity index (χ1v) is 15.8. The molecule has 244 valence electrons. The van der Waals surface area contributed by atoms with Gasteiger partial charge in [0, 0.05) is 25.2 Å².